The summed E-state index contributed by atoms with van der Waals surface area (Å²) < 4.78 is 0. The highest BCUT2D eigenvalue weighted by Crippen LogP contribution is 2.31. The summed E-state index contributed by atoms with van der Waals surface area (Å²) in [7, 11) is 0. The number of nitrogens with two attached hydrogens (primary N) is 1. The number of nitro benzene ring substituents is 1. The van der Waals surface area contributed by atoms with Crippen LogP contribution in [0.25, 0.3) is 10.6 Å². The number of carbonyl (C=O) groups excluding carboxylic acids is 1. The molecule has 3 rings (SSSR count). The average molecular weight is 383 g/mol. The van der Waals surface area contributed by atoms with E-state index in [-0.39, 0.29) is 29.4 Å². The first-order valence-electron chi connectivity index (χ1n) is 7.61. The molecule has 0 saturated carbocycles. The average Bonchev–Trinajstić information content (AvgIpc) is 3.22. The van der Waals surface area contributed by atoms with E-state index in [1.165, 1.54) is 23.5 Å². The molecule has 1 atom stereocenters. The number of aromatic nitrogens is 1. The topological polar surface area (TPSA) is 102 Å². The minimum Gasteiger partial charge on any atom is -0.337 e. The normalized spacial score (nSPS) is 19.5. The number of nitro groups is 1. The van der Waals surface area contributed by atoms with Crippen molar-refractivity contribution in [3.8, 4) is 10.6 Å². The van der Waals surface area contributed by atoms with Gasteiger partial charge in [0.25, 0.3) is 11.6 Å². The van der Waals surface area contributed by atoms with Crippen LogP contribution in [0.15, 0.2) is 29.6 Å². The van der Waals surface area contributed by atoms with Crippen molar-refractivity contribution in [3.63, 3.8) is 0 Å². The number of amides is 1. The van der Waals surface area contributed by atoms with E-state index in [1.807, 2.05) is 0 Å². The summed E-state index contributed by atoms with van der Waals surface area (Å²) >= 11 is 1.36. The molecule has 2 N–H and O–H groups in total. The van der Waals surface area contributed by atoms with Crippen molar-refractivity contribution < 1.29 is 9.72 Å². The molecule has 2 aromatic rings. The molecule has 1 unspecified atom stereocenters. The SMILES string of the molecule is CC1(CN)CCN(C(=O)c2csc(-c3ccc([N+](=O)[O-])cc3)n2)C1.Cl. The Balaban J connectivity index is 0.00000225. The predicted octanol–water partition coefficient (Wildman–Crippen LogP) is 2.95. The molecule has 0 aliphatic carbocycles. The van der Waals surface area contributed by atoms with Gasteiger partial charge in [0.05, 0.1) is 4.92 Å². The summed E-state index contributed by atoms with van der Waals surface area (Å²) in [6.45, 7) is 3.98. The van der Waals surface area contributed by atoms with Crippen LogP contribution >= 0.6 is 23.7 Å². The first-order chi connectivity index (χ1) is 11.4. The fourth-order valence-electron chi connectivity index (χ4n) is 2.76. The maximum Gasteiger partial charge on any atom is 0.273 e. The van der Waals surface area contributed by atoms with Gasteiger partial charge in [-0.3, -0.25) is 14.9 Å². The Morgan fingerprint density at radius 3 is 2.68 bits per heavy atom. The largest absolute Gasteiger partial charge is 0.337 e. The molecule has 2 heterocycles. The summed E-state index contributed by atoms with van der Waals surface area (Å²) in [5.74, 6) is -0.0865. The molecule has 1 fully saturated rings. The zero-order valence-corrected chi connectivity index (χ0v) is 15.3. The maximum absolute atomic E-state index is 12.6. The van der Waals surface area contributed by atoms with Gasteiger partial charge in [-0.15, -0.1) is 23.7 Å². The standard InChI is InChI=1S/C16H18N4O3S.ClH/c1-16(9-17)6-7-19(10-16)15(21)13-8-24-14(18-13)11-2-4-12(5-3-11)20(22)23;/h2-5,8H,6-7,9-10,17H2,1H3;1H. The smallest absolute Gasteiger partial charge is 0.273 e. The lowest BCUT2D eigenvalue weighted by Gasteiger charge is -2.22. The number of non-ortho nitro benzene ring substituents is 1. The second-order valence-corrected chi connectivity index (χ2v) is 7.19. The van der Waals surface area contributed by atoms with E-state index in [9.17, 15) is 14.9 Å². The second-order valence-electron chi connectivity index (χ2n) is 6.33. The van der Waals surface area contributed by atoms with E-state index in [4.69, 9.17) is 5.73 Å². The van der Waals surface area contributed by atoms with Crippen LogP contribution in [0.5, 0.6) is 0 Å². The van der Waals surface area contributed by atoms with Crippen LogP contribution in [0.3, 0.4) is 0 Å². The van der Waals surface area contributed by atoms with E-state index in [1.54, 1.807) is 22.4 Å². The number of thiazole rings is 1. The monoisotopic (exact) mass is 382 g/mol. The lowest BCUT2D eigenvalue weighted by Crippen LogP contribution is -2.34. The van der Waals surface area contributed by atoms with Gasteiger partial charge < -0.3 is 10.6 Å². The van der Waals surface area contributed by atoms with Crippen molar-refractivity contribution in [2.45, 2.75) is 13.3 Å². The van der Waals surface area contributed by atoms with E-state index in [2.05, 4.69) is 11.9 Å². The molecule has 9 heteroatoms. The van der Waals surface area contributed by atoms with Crippen LogP contribution in [0.2, 0.25) is 0 Å². The molecule has 0 bridgehead atoms. The highest BCUT2D eigenvalue weighted by molar-refractivity contribution is 7.13. The molecular formula is C16H19ClN4O3S. The van der Waals surface area contributed by atoms with Gasteiger partial charge in [0.15, 0.2) is 0 Å². The maximum atomic E-state index is 12.6. The molecule has 1 aliphatic rings. The van der Waals surface area contributed by atoms with Gasteiger partial charge in [-0.05, 0) is 30.5 Å². The molecule has 1 aromatic heterocycles. The number of nitrogens with zero attached hydrogens (tertiary/aromatic N) is 3. The number of carbonyl (C=O) groups is 1. The van der Waals surface area contributed by atoms with E-state index < -0.39 is 4.92 Å². The molecule has 1 saturated heterocycles. The van der Waals surface area contributed by atoms with Crippen LogP contribution in [0, 0.1) is 15.5 Å². The zero-order valence-electron chi connectivity index (χ0n) is 13.7. The van der Waals surface area contributed by atoms with Crippen molar-refractivity contribution in [1.29, 1.82) is 0 Å². The Bertz CT molecular complexity index is 780. The van der Waals surface area contributed by atoms with Crippen LogP contribution < -0.4 is 5.73 Å². The van der Waals surface area contributed by atoms with Crippen molar-refractivity contribution in [2.24, 2.45) is 11.1 Å². The Labute approximate surface area is 155 Å². The third-order valence-electron chi connectivity index (χ3n) is 4.39. The molecule has 1 amide bonds. The van der Waals surface area contributed by atoms with E-state index in [0.717, 1.165) is 12.0 Å². The molecule has 1 aliphatic heterocycles. The molecule has 0 spiro atoms. The number of rotatable bonds is 4. The van der Waals surface area contributed by atoms with Gasteiger partial charge in [0.1, 0.15) is 10.7 Å². The minimum atomic E-state index is -0.442. The number of hydrogen-bond donors (Lipinski definition) is 1. The van der Waals surface area contributed by atoms with E-state index >= 15 is 0 Å². The highest BCUT2D eigenvalue weighted by Gasteiger charge is 2.35. The summed E-state index contributed by atoms with van der Waals surface area (Å²) in [5, 5.41) is 13.1. The molecule has 0 radical (unpaired) electrons. The summed E-state index contributed by atoms with van der Waals surface area (Å²) in [4.78, 5) is 29.0. The van der Waals surface area contributed by atoms with Crippen LogP contribution in [0.1, 0.15) is 23.8 Å². The Hall–Kier alpha value is -2.03. The van der Waals surface area contributed by atoms with Crippen LogP contribution in [-0.4, -0.2) is 40.3 Å². The second kappa shape index (κ2) is 7.47. The molecular weight excluding hydrogens is 364 g/mol. The van der Waals surface area contributed by atoms with E-state index in [0.29, 0.717) is 30.3 Å². The first kappa shape index (κ1) is 19.3. The summed E-state index contributed by atoms with van der Waals surface area (Å²) in [6, 6.07) is 6.16. The fourth-order valence-corrected chi connectivity index (χ4v) is 3.56. The molecule has 1 aromatic carbocycles. The Morgan fingerprint density at radius 2 is 2.12 bits per heavy atom. The minimum absolute atomic E-state index is 0. The van der Waals surface area contributed by atoms with Crippen LogP contribution in [-0.2, 0) is 0 Å². The third-order valence-corrected chi connectivity index (χ3v) is 5.28. The van der Waals surface area contributed by atoms with Gasteiger partial charge in [-0.1, -0.05) is 6.92 Å². The van der Waals surface area contributed by atoms with Gasteiger partial charge >= 0.3 is 0 Å². The predicted molar refractivity (Wildman–Crippen MR) is 99.1 cm³/mol. The van der Waals surface area contributed by atoms with Crippen molar-refractivity contribution in [3.05, 3.63) is 45.5 Å². The fraction of sp³-hybridized carbons (Fsp3) is 0.375. The van der Waals surface area contributed by atoms with Gasteiger partial charge in [0, 0.05) is 36.2 Å². The van der Waals surface area contributed by atoms with Gasteiger partial charge in [-0.25, -0.2) is 4.98 Å². The molecule has 25 heavy (non-hydrogen) atoms. The zero-order chi connectivity index (χ0) is 17.3. The van der Waals surface area contributed by atoms with Crippen LogP contribution in [0.4, 0.5) is 5.69 Å². The third kappa shape index (κ3) is 3.97. The number of benzene rings is 1. The summed E-state index contributed by atoms with van der Waals surface area (Å²) in [5.41, 5.74) is 6.97. The number of halogens is 1. The number of hydrogen-bond acceptors (Lipinski definition) is 6. The quantitative estimate of drug-likeness (QED) is 0.646. The lowest BCUT2D eigenvalue weighted by molar-refractivity contribution is -0.384. The van der Waals surface area contributed by atoms with Crippen molar-refractivity contribution in [2.75, 3.05) is 19.6 Å². The summed E-state index contributed by atoms with van der Waals surface area (Å²) in [6.07, 6.45) is 0.897. The van der Waals surface area contributed by atoms with Gasteiger partial charge in [-0.2, -0.15) is 0 Å². The lowest BCUT2D eigenvalue weighted by atomic mass is 9.90. The molecule has 134 valence electrons. The van der Waals surface area contributed by atoms with Crippen molar-refractivity contribution in [1.82, 2.24) is 9.88 Å². The van der Waals surface area contributed by atoms with Gasteiger partial charge in [0.2, 0.25) is 0 Å². The Morgan fingerprint density at radius 1 is 1.44 bits per heavy atom. The highest BCUT2D eigenvalue weighted by atomic mass is 35.5. The number of likely N-dealkylation sites (tertiary alicyclic amines) is 1. The molecule has 7 nitrogen and oxygen atoms in total. The Kier molecular flexibility index (Phi) is 5.76. The van der Waals surface area contributed by atoms with Crippen molar-refractivity contribution >= 4 is 35.3 Å². The first-order valence-corrected chi connectivity index (χ1v) is 8.49.